The van der Waals surface area contributed by atoms with Crippen molar-refractivity contribution in [1.29, 1.82) is 0 Å². The van der Waals surface area contributed by atoms with E-state index in [0.717, 1.165) is 17.6 Å². The van der Waals surface area contributed by atoms with Crippen molar-refractivity contribution in [1.82, 2.24) is 14.5 Å². The molecule has 16 heavy (non-hydrogen) atoms. The maximum absolute atomic E-state index is 4.35. The molecular formula is C13H19N3. The van der Waals surface area contributed by atoms with E-state index in [-0.39, 0.29) is 0 Å². The van der Waals surface area contributed by atoms with Gasteiger partial charge in [-0.05, 0) is 25.0 Å². The van der Waals surface area contributed by atoms with Crippen molar-refractivity contribution < 1.29 is 0 Å². The Balaban J connectivity index is 2.30. The van der Waals surface area contributed by atoms with E-state index in [1.807, 2.05) is 12.4 Å². The second kappa shape index (κ2) is 5.10. The quantitative estimate of drug-likeness (QED) is 0.766. The minimum Gasteiger partial charge on any atom is -0.326 e. The lowest BCUT2D eigenvalue weighted by Gasteiger charge is -2.16. The molecule has 86 valence electrons. The van der Waals surface area contributed by atoms with Crippen LogP contribution in [0, 0.1) is 0 Å². The first-order valence-corrected chi connectivity index (χ1v) is 6.14. The Hall–Kier alpha value is -1.38. The van der Waals surface area contributed by atoms with E-state index in [0.29, 0.717) is 6.04 Å². The number of pyridine rings is 1. The normalized spacial score (nSPS) is 13.1. The Morgan fingerprint density at radius 1 is 1.31 bits per heavy atom. The van der Waals surface area contributed by atoms with Gasteiger partial charge in [0.05, 0.1) is 11.8 Å². The fraction of sp³-hybridized carbons (Fsp3) is 0.538. The Kier molecular flexibility index (Phi) is 3.54. The summed E-state index contributed by atoms with van der Waals surface area (Å²) in [5.41, 5.74) is 2.02. The van der Waals surface area contributed by atoms with Crippen LogP contribution in [0.2, 0.25) is 0 Å². The number of imidazole rings is 1. The molecule has 0 amide bonds. The number of rotatable bonds is 5. The minimum atomic E-state index is 0.564. The van der Waals surface area contributed by atoms with Crippen molar-refractivity contribution in [3.8, 4) is 0 Å². The molecule has 2 aromatic heterocycles. The molecule has 1 unspecified atom stereocenters. The highest BCUT2D eigenvalue weighted by Gasteiger charge is 2.11. The molecule has 1 atom stereocenters. The van der Waals surface area contributed by atoms with Crippen LogP contribution in [0.25, 0.3) is 11.2 Å². The molecular weight excluding hydrogens is 198 g/mol. The Morgan fingerprint density at radius 3 is 2.94 bits per heavy atom. The average molecular weight is 217 g/mol. The number of hydrogen-bond acceptors (Lipinski definition) is 2. The van der Waals surface area contributed by atoms with Gasteiger partial charge in [-0.15, -0.1) is 0 Å². The van der Waals surface area contributed by atoms with Crippen LogP contribution >= 0.6 is 0 Å². The van der Waals surface area contributed by atoms with Crippen LogP contribution in [0.1, 0.15) is 45.6 Å². The molecule has 0 radical (unpaired) electrons. The number of nitrogens with zero attached hydrogens (tertiary/aromatic N) is 3. The van der Waals surface area contributed by atoms with Gasteiger partial charge < -0.3 is 4.57 Å². The lowest BCUT2D eigenvalue weighted by atomic mass is 10.1. The zero-order chi connectivity index (χ0) is 11.4. The SMILES string of the molecule is CCCCC(CC)n1cnc2ncccc21. The van der Waals surface area contributed by atoms with Gasteiger partial charge in [-0.2, -0.15) is 0 Å². The number of hydrogen-bond donors (Lipinski definition) is 0. The first-order valence-electron chi connectivity index (χ1n) is 6.14. The van der Waals surface area contributed by atoms with Crippen LogP contribution in [-0.4, -0.2) is 14.5 Å². The van der Waals surface area contributed by atoms with E-state index in [1.54, 1.807) is 6.20 Å². The van der Waals surface area contributed by atoms with Gasteiger partial charge in [0.2, 0.25) is 0 Å². The van der Waals surface area contributed by atoms with Crippen LogP contribution < -0.4 is 0 Å². The van der Waals surface area contributed by atoms with Gasteiger partial charge in [0.1, 0.15) is 0 Å². The van der Waals surface area contributed by atoms with E-state index < -0.39 is 0 Å². The van der Waals surface area contributed by atoms with Crippen molar-refractivity contribution >= 4 is 11.2 Å². The van der Waals surface area contributed by atoms with E-state index >= 15 is 0 Å². The summed E-state index contributed by atoms with van der Waals surface area (Å²) in [5.74, 6) is 0. The molecule has 0 saturated carbocycles. The third kappa shape index (κ3) is 2.08. The van der Waals surface area contributed by atoms with E-state index in [4.69, 9.17) is 0 Å². The molecule has 0 N–H and O–H groups in total. The standard InChI is InChI=1S/C13H19N3/c1-3-5-7-11(4-2)16-10-15-13-12(16)8-6-9-14-13/h6,8-11H,3-5,7H2,1-2H3. The van der Waals surface area contributed by atoms with Gasteiger partial charge in [-0.3, -0.25) is 0 Å². The van der Waals surface area contributed by atoms with Gasteiger partial charge >= 0.3 is 0 Å². The lowest BCUT2D eigenvalue weighted by molar-refractivity contribution is 0.446. The maximum atomic E-state index is 4.35. The molecule has 0 aromatic carbocycles. The van der Waals surface area contributed by atoms with Crippen LogP contribution in [0.15, 0.2) is 24.7 Å². The van der Waals surface area contributed by atoms with Gasteiger partial charge in [-0.1, -0.05) is 26.7 Å². The fourth-order valence-electron chi connectivity index (χ4n) is 2.14. The molecule has 2 heterocycles. The molecule has 2 aromatic rings. The van der Waals surface area contributed by atoms with E-state index in [2.05, 4.69) is 34.4 Å². The van der Waals surface area contributed by atoms with Crippen LogP contribution in [0.5, 0.6) is 0 Å². The third-order valence-corrected chi connectivity index (χ3v) is 3.10. The van der Waals surface area contributed by atoms with Gasteiger partial charge in [0, 0.05) is 12.2 Å². The van der Waals surface area contributed by atoms with Crippen molar-refractivity contribution in [2.45, 2.75) is 45.6 Å². The molecule has 3 heteroatoms. The van der Waals surface area contributed by atoms with Crippen molar-refractivity contribution in [2.24, 2.45) is 0 Å². The highest BCUT2D eigenvalue weighted by Crippen LogP contribution is 2.23. The molecule has 0 fully saturated rings. The lowest BCUT2D eigenvalue weighted by Crippen LogP contribution is -2.06. The first kappa shape index (κ1) is 11.1. The summed E-state index contributed by atoms with van der Waals surface area (Å²) in [4.78, 5) is 8.61. The molecule has 0 bridgehead atoms. The summed E-state index contributed by atoms with van der Waals surface area (Å²) < 4.78 is 2.28. The summed E-state index contributed by atoms with van der Waals surface area (Å²) in [5, 5.41) is 0. The van der Waals surface area contributed by atoms with Crippen LogP contribution in [-0.2, 0) is 0 Å². The zero-order valence-corrected chi connectivity index (χ0v) is 10.1. The highest BCUT2D eigenvalue weighted by molar-refractivity contribution is 5.70. The van der Waals surface area contributed by atoms with E-state index in [1.165, 1.54) is 19.3 Å². The largest absolute Gasteiger partial charge is 0.326 e. The molecule has 3 nitrogen and oxygen atoms in total. The van der Waals surface area contributed by atoms with Gasteiger partial charge in [0.15, 0.2) is 5.65 Å². The van der Waals surface area contributed by atoms with E-state index in [9.17, 15) is 0 Å². The molecule has 0 aliphatic rings. The highest BCUT2D eigenvalue weighted by atomic mass is 15.1. The van der Waals surface area contributed by atoms with Crippen molar-refractivity contribution in [3.05, 3.63) is 24.7 Å². The molecule has 2 rings (SSSR count). The second-order valence-corrected chi connectivity index (χ2v) is 4.20. The Labute approximate surface area is 96.5 Å². The third-order valence-electron chi connectivity index (χ3n) is 3.10. The molecule has 0 spiro atoms. The summed E-state index contributed by atoms with van der Waals surface area (Å²) in [6, 6.07) is 4.64. The summed E-state index contributed by atoms with van der Waals surface area (Å²) in [7, 11) is 0. The minimum absolute atomic E-state index is 0.564. The van der Waals surface area contributed by atoms with Crippen LogP contribution in [0.3, 0.4) is 0 Å². The van der Waals surface area contributed by atoms with Crippen molar-refractivity contribution in [3.63, 3.8) is 0 Å². The summed E-state index contributed by atoms with van der Waals surface area (Å²) in [6.07, 6.45) is 8.64. The smallest absolute Gasteiger partial charge is 0.177 e. The molecule has 0 aliphatic carbocycles. The van der Waals surface area contributed by atoms with Gasteiger partial charge in [0.25, 0.3) is 0 Å². The maximum Gasteiger partial charge on any atom is 0.177 e. The summed E-state index contributed by atoms with van der Waals surface area (Å²) >= 11 is 0. The monoisotopic (exact) mass is 217 g/mol. The average Bonchev–Trinajstić information content (AvgIpc) is 2.75. The zero-order valence-electron chi connectivity index (χ0n) is 10.1. The Morgan fingerprint density at radius 2 is 2.19 bits per heavy atom. The number of unbranched alkanes of at least 4 members (excludes halogenated alkanes) is 1. The van der Waals surface area contributed by atoms with Gasteiger partial charge in [-0.25, -0.2) is 9.97 Å². The second-order valence-electron chi connectivity index (χ2n) is 4.20. The fourth-order valence-corrected chi connectivity index (χ4v) is 2.14. The van der Waals surface area contributed by atoms with Crippen molar-refractivity contribution in [2.75, 3.05) is 0 Å². The van der Waals surface area contributed by atoms with Crippen LogP contribution in [0.4, 0.5) is 0 Å². The first-order chi connectivity index (χ1) is 7.86. The predicted molar refractivity (Wildman–Crippen MR) is 66.4 cm³/mol. The predicted octanol–water partition coefficient (Wildman–Crippen LogP) is 3.57. The Bertz CT molecular complexity index is 447. The molecule has 0 aliphatic heterocycles. The summed E-state index contributed by atoms with van der Waals surface area (Å²) in [6.45, 7) is 4.48. The topological polar surface area (TPSA) is 30.7 Å². The molecule has 0 saturated heterocycles. The number of fused-ring (bicyclic) bond motifs is 1. The number of aromatic nitrogens is 3.